The number of likely N-dealkylation sites (N-methyl/N-ethyl adjacent to an activating group) is 1. The Morgan fingerprint density at radius 1 is 1.33 bits per heavy atom. The standard InChI is InChI=1S/C15H20N2S/c1-12-6-4-8-16-15(12)10-13(2)17(3)11-14-7-5-9-18-14/h4-9,13H,10-11H2,1-3H3. The highest BCUT2D eigenvalue weighted by Crippen LogP contribution is 2.15. The van der Waals surface area contributed by atoms with Gasteiger partial charge >= 0.3 is 0 Å². The van der Waals surface area contributed by atoms with Gasteiger partial charge in [0.05, 0.1) is 0 Å². The van der Waals surface area contributed by atoms with Gasteiger partial charge in [0.15, 0.2) is 0 Å². The summed E-state index contributed by atoms with van der Waals surface area (Å²) in [5, 5.41) is 2.14. The molecule has 0 saturated heterocycles. The molecule has 1 atom stereocenters. The van der Waals surface area contributed by atoms with Crippen molar-refractivity contribution in [2.75, 3.05) is 7.05 Å². The van der Waals surface area contributed by atoms with Gasteiger partial charge < -0.3 is 0 Å². The van der Waals surface area contributed by atoms with E-state index in [-0.39, 0.29) is 0 Å². The van der Waals surface area contributed by atoms with E-state index in [1.807, 2.05) is 23.6 Å². The molecule has 0 fully saturated rings. The summed E-state index contributed by atoms with van der Waals surface area (Å²) in [7, 11) is 2.18. The zero-order chi connectivity index (χ0) is 13.0. The molecule has 0 aromatic carbocycles. The molecule has 2 rings (SSSR count). The molecule has 0 saturated carbocycles. The summed E-state index contributed by atoms with van der Waals surface area (Å²) in [4.78, 5) is 8.28. The number of hydrogen-bond acceptors (Lipinski definition) is 3. The van der Waals surface area contributed by atoms with E-state index < -0.39 is 0 Å². The monoisotopic (exact) mass is 260 g/mol. The molecule has 1 unspecified atom stereocenters. The Kier molecular flexibility index (Phi) is 4.50. The van der Waals surface area contributed by atoms with Crippen LogP contribution in [0.15, 0.2) is 35.8 Å². The highest BCUT2D eigenvalue weighted by molar-refractivity contribution is 7.09. The number of pyridine rings is 1. The molecular formula is C15H20N2S. The maximum atomic E-state index is 4.47. The summed E-state index contributed by atoms with van der Waals surface area (Å²) < 4.78 is 0. The van der Waals surface area contributed by atoms with Gasteiger partial charge in [-0.15, -0.1) is 11.3 Å². The first-order chi connectivity index (χ1) is 8.66. The lowest BCUT2D eigenvalue weighted by Crippen LogP contribution is -2.30. The van der Waals surface area contributed by atoms with Gasteiger partial charge in [-0.05, 0) is 44.0 Å². The van der Waals surface area contributed by atoms with Crippen molar-refractivity contribution in [1.29, 1.82) is 0 Å². The van der Waals surface area contributed by atoms with Crippen LogP contribution in [0.4, 0.5) is 0 Å². The van der Waals surface area contributed by atoms with Crippen molar-refractivity contribution in [1.82, 2.24) is 9.88 Å². The maximum Gasteiger partial charge on any atom is 0.0448 e. The van der Waals surface area contributed by atoms with Crippen molar-refractivity contribution in [3.05, 3.63) is 52.0 Å². The van der Waals surface area contributed by atoms with E-state index in [4.69, 9.17) is 0 Å². The van der Waals surface area contributed by atoms with E-state index in [1.54, 1.807) is 0 Å². The van der Waals surface area contributed by atoms with Gasteiger partial charge in [0.1, 0.15) is 0 Å². The van der Waals surface area contributed by atoms with E-state index in [2.05, 4.69) is 54.4 Å². The zero-order valence-corrected chi connectivity index (χ0v) is 12.1. The Balaban J connectivity index is 1.95. The first-order valence-corrected chi connectivity index (χ1v) is 7.18. The summed E-state index contributed by atoms with van der Waals surface area (Å²) >= 11 is 1.82. The second-order valence-electron chi connectivity index (χ2n) is 4.81. The third-order valence-electron chi connectivity index (χ3n) is 3.34. The lowest BCUT2D eigenvalue weighted by molar-refractivity contribution is 0.248. The lowest BCUT2D eigenvalue weighted by atomic mass is 10.1. The van der Waals surface area contributed by atoms with Gasteiger partial charge in [0.2, 0.25) is 0 Å². The Hall–Kier alpha value is -1.19. The quantitative estimate of drug-likeness (QED) is 0.818. The van der Waals surface area contributed by atoms with Crippen LogP contribution in [0.1, 0.15) is 23.1 Å². The highest BCUT2D eigenvalue weighted by Gasteiger charge is 2.12. The Labute approximate surface area is 113 Å². The van der Waals surface area contributed by atoms with Crippen LogP contribution in [0.3, 0.4) is 0 Å². The molecule has 2 aromatic heterocycles. The lowest BCUT2D eigenvalue weighted by Gasteiger charge is -2.24. The number of aryl methyl sites for hydroxylation is 1. The largest absolute Gasteiger partial charge is 0.298 e. The fraction of sp³-hybridized carbons (Fsp3) is 0.400. The molecule has 96 valence electrons. The van der Waals surface area contributed by atoms with Crippen molar-refractivity contribution in [2.45, 2.75) is 32.9 Å². The van der Waals surface area contributed by atoms with Crippen LogP contribution in [0.25, 0.3) is 0 Å². The van der Waals surface area contributed by atoms with E-state index >= 15 is 0 Å². The van der Waals surface area contributed by atoms with Crippen LogP contribution in [0, 0.1) is 6.92 Å². The zero-order valence-electron chi connectivity index (χ0n) is 11.3. The molecule has 18 heavy (non-hydrogen) atoms. The SMILES string of the molecule is Cc1cccnc1CC(C)N(C)Cc1cccs1. The maximum absolute atomic E-state index is 4.47. The Morgan fingerprint density at radius 3 is 2.83 bits per heavy atom. The second kappa shape index (κ2) is 6.12. The highest BCUT2D eigenvalue weighted by atomic mass is 32.1. The van der Waals surface area contributed by atoms with Gasteiger partial charge in [-0.3, -0.25) is 9.88 Å². The first kappa shape index (κ1) is 13.2. The number of hydrogen-bond donors (Lipinski definition) is 0. The average molecular weight is 260 g/mol. The molecule has 0 bridgehead atoms. The predicted octanol–water partition coefficient (Wildman–Crippen LogP) is 3.51. The molecule has 0 spiro atoms. The Bertz CT molecular complexity index is 479. The van der Waals surface area contributed by atoms with Crippen molar-refractivity contribution in [3.8, 4) is 0 Å². The Morgan fingerprint density at radius 2 is 2.17 bits per heavy atom. The average Bonchev–Trinajstić information content (AvgIpc) is 2.84. The molecule has 0 aliphatic heterocycles. The summed E-state index contributed by atoms with van der Waals surface area (Å²) in [5.41, 5.74) is 2.50. The molecule has 2 aromatic rings. The second-order valence-corrected chi connectivity index (χ2v) is 5.85. The van der Waals surface area contributed by atoms with Gasteiger partial charge in [0.25, 0.3) is 0 Å². The topological polar surface area (TPSA) is 16.1 Å². The fourth-order valence-corrected chi connectivity index (χ4v) is 2.74. The minimum absolute atomic E-state index is 0.501. The molecular weight excluding hydrogens is 240 g/mol. The minimum Gasteiger partial charge on any atom is -0.298 e. The van der Waals surface area contributed by atoms with Gasteiger partial charge in [-0.2, -0.15) is 0 Å². The summed E-state index contributed by atoms with van der Waals surface area (Å²) in [5.74, 6) is 0. The molecule has 0 aliphatic carbocycles. The van der Waals surface area contributed by atoms with Crippen LogP contribution in [0.5, 0.6) is 0 Å². The molecule has 0 radical (unpaired) electrons. The van der Waals surface area contributed by atoms with E-state index in [1.165, 1.54) is 16.1 Å². The summed E-state index contributed by atoms with van der Waals surface area (Å²) in [6, 6.07) is 8.94. The van der Waals surface area contributed by atoms with Crippen LogP contribution < -0.4 is 0 Å². The smallest absolute Gasteiger partial charge is 0.0448 e. The minimum atomic E-state index is 0.501. The number of nitrogens with zero attached hydrogens (tertiary/aromatic N) is 2. The van der Waals surface area contributed by atoms with Gasteiger partial charge in [-0.25, -0.2) is 0 Å². The molecule has 0 amide bonds. The van der Waals surface area contributed by atoms with Gasteiger partial charge in [-0.1, -0.05) is 12.1 Å². The van der Waals surface area contributed by atoms with E-state index in [0.29, 0.717) is 6.04 Å². The van der Waals surface area contributed by atoms with Crippen molar-refractivity contribution in [3.63, 3.8) is 0 Å². The number of aromatic nitrogens is 1. The normalized spacial score (nSPS) is 12.9. The summed E-state index contributed by atoms with van der Waals surface area (Å²) in [6.45, 7) is 5.42. The van der Waals surface area contributed by atoms with Crippen LogP contribution in [-0.2, 0) is 13.0 Å². The van der Waals surface area contributed by atoms with Gasteiger partial charge in [0, 0.05) is 35.8 Å². The predicted molar refractivity (Wildman–Crippen MR) is 77.9 cm³/mol. The first-order valence-electron chi connectivity index (χ1n) is 6.30. The molecule has 3 heteroatoms. The van der Waals surface area contributed by atoms with Crippen LogP contribution >= 0.6 is 11.3 Å². The molecule has 0 N–H and O–H groups in total. The third kappa shape index (κ3) is 3.40. The molecule has 0 aliphatic rings. The van der Waals surface area contributed by atoms with Crippen molar-refractivity contribution < 1.29 is 0 Å². The van der Waals surface area contributed by atoms with Crippen molar-refractivity contribution in [2.24, 2.45) is 0 Å². The number of rotatable bonds is 5. The number of thiophene rings is 1. The fourth-order valence-electron chi connectivity index (χ4n) is 1.97. The summed E-state index contributed by atoms with van der Waals surface area (Å²) in [6.07, 6.45) is 2.89. The van der Waals surface area contributed by atoms with Crippen LogP contribution in [-0.4, -0.2) is 23.0 Å². The molecule has 2 nitrogen and oxygen atoms in total. The molecule has 2 heterocycles. The van der Waals surface area contributed by atoms with E-state index in [0.717, 1.165) is 13.0 Å². The third-order valence-corrected chi connectivity index (χ3v) is 4.21. The van der Waals surface area contributed by atoms with E-state index in [9.17, 15) is 0 Å². The van der Waals surface area contributed by atoms with Crippen molar-refractivity contribution >= 4 is 11.3 Å². The van der Waals surface area contributed by atoms with Crippen LogP contribution in [0.2, 0.25) is 0 Å².